The first-order chi connectivity index (χ1) is 20.0. The molecule has 5 rings (SSSR count). The molecule has 2 atom stereocenters. The molecule has 9 nitrogen and oxygen atoms in total. The lowest BCUT2D eigenvalue weighted by Gasteiger charge is -2.34. The molecule has 2 aliphatic rings. The summed E-state index contributed by atoms with van der Waals surface area (Å²) >= 11 is 3.51. The lowest BCUT2D eigenvalue weighted by atomic mass is 9.82. The Hall–Kier alpha value is -3.44. The van der Waals surface area contributed by atoms with Crippen molar-refractivity contribution in [3.63, 3.8) is 0 Å². The molecule has 10 heteroatoms. The monoisotopic (exact) mass is 623 g/mol. The van der Waals surface area contributed by atoms with E-state index in [0.717, 1.165) is 21.2 Å². The summed E-state index contributed by atoms with van der Waals surface area (Å²) < 4.78 is 24.2. The van der Waals surface area contributed by atoms with Gasteiger partial charge in [-0.15, -0.1) is 0 Å². The van der Waals surface area contributed by atoms with Crippen LogP contribution in [-0.2, 0) is 20.7 Å². The Balaban J connectivity index is 1.56. The van der Waals surface area contributed by atoms with Crippen LogP contribution < -0.4 is 14.9 Å². The number of aliphatic hydroxyl groups excluding tert-OH is 1. The number of rotatable bonds is 11. The van der Waals surface area contributed by atoms with Gasteiger partial charge in [0.1, 0.15) is 11.5 Å². The number of aliphatic imine (C=N–C) groups is 1. The number of nitrogens with zero attached hydrogens (tertiary/aromatic N) is 2. The number of hydrogen-bond acceptors (Lipinski definition) is 8. The average Bonchev–Trinajstić information content (AvgIpc) is 3.40. The topological polar surface area (TPSA) is 102 Å². The van der Waals surface area contributed by atoms with Gasteiger partial charge in [-0.3, -0.25) is 10.2 Å². The van der Waals surface area contributed by atoms with Crippen LogP contribution in [0.5, 0.6) is 11.5 Å². The van der Waals surface area contributed by atoms with E-state index in [1.165, 1.54) is 0 Å². The fourth-order valence-electron chi connectivity index (χ4n) is 4.92. The zero-order valence-corrected chi connectivity index (χ0v) is 24.5. The van der Waals surface area contributed by atoms with Gasteiger partial charge in [0.05, 0.1) is 26.9 Å². The second-order valence-electron chi connectivity index (χ2n) is 9.91. The minimum atomic E-state index is -1.32. The second kappa shape index (κ2) is 13.5. The van der Waals surface area contributed by atoms with Gasteiger partial charge in [-0.25, -0.2) is 10.0 Å². The molecule has 0 radical (unpaired) electrons. The molecule has 3 aromatic rings. The Bertz CT molecular complexity index is 1340. The molecule has 2 heterocycles. The molecule has 1 saturated heterocycles. The Morgan fingerprint density at radius 2 is 1.85 bits per heavy atom. The standard InChI is InChI=1S/C31H34BrN3O6/c1-38-27-5-2-4-24(20-27)28-31(21-22-6-10-25(32)11-7-22,30(37)34-35-14-18-39-19-15-35)33-29(41-28)23-8-12-26(13-9-23)40-17-3-16-36/h2,4-13,20,28,36H,3,14-19,21H2,1H3,(H,34,37)/t28-,31-/m0/s1. The van der Waals surface area contributed by atoms with Gasteiger partial charge < -0.3 is 24.1 Å². The van der Waals surface area contributed by atoms with Gasteiger partial charge in [-0.05, 0) is 59.7 Å². The van der Waals surface area contributed by atoms with E-state index in [2.05, 4.69) is 21.4 Å². The van der Waals surface area contributed by atoms with Crippen molar-refractivity contribution in [3.05, 3.63) is 94.0 Å². The zero-order valence-electron chi connectivity index (χ0n) is 22.9. The second-order valence-corrected chi connectivity index (χ2v) is 10.8. The smallest absolute Gasteiger partial charge is 0.266 e. The first-order valence-corrected chi connectivity index (χ1v) is 14.4. The van der Waals surface area contributed by atoms with Crippen molar-refractivity contribution in [2.24, 2.45) is 4.99 Å². The van der Waals surface area contributed by atoms with E-state index in [1.807, 2.05) is 77.8 Å². The van der Waals surface area contributed by atoms with Crippen molar-refractivity contribution in [1.29, 1.82) is 0 Å². The third-order valence-corrected chi connectivity index (χ3v) is 7.61. The zero-order chi connectivity index (χ0) is 28.7. The van der Waals surface area contributed by atoms with Crippen molar-refractivity contribution in [1.82, 2.24) is 10.4 Å². The van der Waals surface area contributed by atoms with Crippen LogP contribution in [-0.4, -0.2) is 74.1 Å². The van der Waals surface area contributed by atoms with Crippen LogP contribution >= 0.6 is 15.9 Å². The van der Waals surface area contributed by atoms with Crippen molar-refractivity contribution >= 4 is 27.7 Å². The quantitative estimate of drug-likeness (QED) is 0.310. The molecule has 0 unspecified atom stereocenters. The maximum absolute atomic E-state index is 14.4. The normalized spacial score (nSPS) is 20.7. The molecule has 2 aliphatic heterocycles. The van der Waals surface area contributed by atoms with Crippen LogP contribution in [0.25, 0.3) is 0 Å². The fourth-order valence-corrected chi connectivity index (χ4v) is 5.18. The van der Waals surface area contributed by atoms with Gasteiger partial charge in [0.25, 0.3) is 5.91 Å². The summed E-state index contributed by atoms with van der Waals surface area (Å²) in [5.41, 5.74) is 4.25. The van der Waals surface area contributed by atoms with Crippen molar-refractivity contribution in [2.75, 3.05) is 46.6 Å². The van der Waals surface area contributed by atoms with Crippen LogP contribution in [0.2, 0.25) is 0 Å². The van der Waals surface area contributed by atoms with Gasteiger partial charge in [0, 0.05) is 42.6 Å². The third kappa shape index (κ3) is 6.90. The van der Waals surface area contributed by atoms with E-state index in [9.17, 15) is 4.79 Å². The minimum absolute atomic E-state index is 0.0708. The Morgan fingerprint density at radius 3 is 2.56 bits per heavy atom. The number of benzene rings is 3. The molecule has 216 valence electrons. The first kappa shape index (κ1) is 29.1. The molecule has 41 heavy (non-hydrogen) atoms. The van der Waals surface area contributed by atoms with Crippen LogP contribution in [0.15, 0.2) is 82.3 Å². The number of hydrogen-bond donors (Lipinski definition) is 2. The van der Waals surface area contributed by atoms with Crippen molar-refractivity contribution < 1.29 is 28.8 Å². The summed E-state index contributed by atoms with van der Waals surface area (Å²) in [6, 6.07) is 22.9. The molecule has 3 aromatic carbocycles. The van der Waals surface area contributed by atoms with E-state index in [4.69, 9.17) is 29.0 Å². The lowest BCUT2D eigenvalue weighted by molar-refractivity contribution is -0.136. The number of ether oxygens (including phenoxy) is 4. The third-order valence-electron chi connectivity index (χ3n) is 7.08. The number of carbonyl (C=O) groups excluding carboxylic acids is 1. The highest BCUT2D eigenvalue weighted by Crippen LogP contribution is 2.43. The number of amides is 1. The molecule has 0 spiro atoms. The number of nitrogens with one attached hydrogen (secondary N) is 1. The van der Waals surface area contributed by atoms with Crippen molar-refractivity contribution in [3.8, 4) is 11.5 Å². The molecule has 0 bridgehead atoms. The van der Waals surface area contributed by atoms with Gasteiger partial charge in [-0.1, -0.05) is 40.2 Å². The molecule has 1 amide bonds. The molecule has 0 aliphatic carbocycles. The van der Waals surface area contributed by atoms with E-state index in [0.29, 0.717) is 63.1 Å². The average molecular weight is 625 g/mol. The number of halogens is 1. The number of carbonyl (C=O) groups is 1. The first-order valence-electron chi connectivity index (χ1n) is 13.6. The molecule has 1 fully saturated rings. The van der Waals surface area contributed by atoms with E-state index in [-0.39, 0.29) is 12.5 Å². The summed E-state index contributed by atoms with van der Waals surface area (Å²) in [6.07, 6.45) is 0.138. The highest BCUT2D eigenvalue weighted by atomic mass is 79.9. The summed E-state index contributed by atoms with van der Waals surface area (Å²) in [5.74, 6) is 1.45. The molecular formula is C31H34BrN3O6. The molecular weight excluding hydrogens is 590 g/mol. The Kier molecular flexibility index (Phi) is 9.56. The van der Waals surface area contributed by atoms with Gasteiger partial charge in [0.2, 0.25) is 5.90 Å². The lowest BCUT2D eigenvalue weighted by Crippen LogP contribution is -2.57. The number of aliphatic hydroxyl groups is 1. The van der Waals surface area contributed by atoms with Crippen LogP contribution in [0.4, 0.5) is 0 Å². The number of morpholine rings is 1. The SMILES string of the molecule is COc1cccc([C@@H]2OC(c3ccc(OCCCO)cc3)=N[C@]2(Cc2ccc(Br)cc2)C(=O)NN2CCOCC2)c1. The highest BCUT2D eigenvalue weighted by Gasteiger charge is 2.54. The summed E-state index contributed by atoms with van der Waals surface area (Å²) in [6.45, 7) is 2.73. The Morgan fingerprint density at radius 1 is 1.10 bits per heavy atom. The minimum Gasteiger partial charge on any atom is -0.497 e. The fraction of sp³-hybridized carbons (Fsp3) is 0.355. The van der Waals surface area contributed by atoms with Crippen LogP contribution in [0.1, 0.15) is 29.2 Å². The maximum Gasteiger partial charge on any atom is 0.266 e. The largest absolute Gasteiger partial charge is 0.497 e. The molecule has 0 aromatic heterocycles. The Labute approximate surface area is 248 Å². The van der Waals surface area contributed by atoms with Gasteiger partial charge >= 0.3 is 0 Å². The molecule has 2 N–H and O–H groups in total. The van der Waals surface area contributed by atoms with Crippen molar-refractivity contribution in [2.45, 2.75) is 24.5 Å². The number of methoxy groups -OCH3 is 1. The number of hydrazine groups is 1. The van der Waals surface area contributed by atoms with Crippen LogP contribution in [0, 0.1) is 0 Å². The predicted molar refractivity (Wildman–Crippen MR) is 158 cm³/mol. The van der Waals surface area contributed by atoms with Gasteiger partial charge in [-0.2, -0.15) is 0 Å². The predicted octanol–water partition coefficient (Wildman–Crippen LogP) is 4.08. The maximum atomic E-state index is 14.4. The van der Waals surface area contributed by atoms with Crippen LogP contribution in [0.3, 0.4) is 0 Å². The summed E-state index contributed by atoms with van der Waals surface area (Å²) in [5, 5.41) is 10.9. The van der Waals surface area contributed by atoms with Gasteiger partial charge in [0.15, 0.2) is 11.6 Å². The molecule has 0 saturated carbocycles. The summed E-state index contributed by atoms with van der Waals surface area (Å²) in [4.78, 5) is 19.5. The van der Waals surface area contributed by atoms with E-state index in [1.54, 1.807) is 7.11 Å². The van der Waals surface area contributed by atoms with E-state index >= 15 is 0 Å². The van der Waals surface area contributed by atoms with E-state index < -0.39 is 11.6 Å². The summed E-state index contributed by atoms with van der Waals surface area (Å²) in [7, 11) is 1.61. The highest BCUT2D eigenvalue weighted by molar-refractivity contribution is 9.10.